The number of aliphatic carboxylic acids is 1. The predicted molar refractivity (Wildman–Crippen MR) is 108 cm³/mol. The lowest BCUT2D eigenvalue weighted by Gasteiger charge is -2.24. The number of hydrogen-bond acceptors (Lipinski definition) is 8. The van der Waals surface area contributed by atoms with E-state index in [2.05, 4.69) is 10.6 Å². The number of carboxylic acids is 1. The van der Waals surface area contributed by atoms with Crippen molar-refractivity contribution in [2.45, 2.75) is 63.2 Å². The molecule has 0 saturated heterocycles. The van der Waals surface area contributed by atoms with Crippen LogP contribution in [0.4, 0.5) is 0 Å². The molecule has 0 aliphatic heterocycles. The second kappa shape index (κ2) is 13.5. The van der Waals surface area contributed by atoms with Crippen LogP contribution < -0.4 is 38.9 Å². The van der Waals surface area contributed by atoms with Crippen LogP contribution in [0.5, 0.6) is 0 Å². The van der Waals surface area contributed by atoms with Crippen LogP contribution in [0.15, 0.2) is 0 Å². The maximum absolute atomic E-state index is 12.7. The van der Waals surface area contributed by atoms with E-state index in [1.54, 1.807) is 0 Å². The van der Waals surface area contributed by atoms with E-state index < -0.39 is 72.0 Å². The van der Waals surface area contributed by atoms with Gasteiger partial charge in [-0.3, -0.25) is 28.8 Å². The summed E-state index contributed by atoms with van der Waals surface area (Å²) >= 11 is 0. The van der Waals surface area contributed by atoms with Gasteiger partial charge in [0.1, 0.15) is 18.1 Å². The first-order valence-electron chi connectivity index (χ1n) is 9.49. The van der Waals surface area contributed by atoms with E-state index in [0.717, 1.165) is 0 Å². The number of nitrogens with one attached hydrogen (secondary N) is 3. The molecule has 0 aromatic heterocycles. The second-order valence-electron chi connectivity index (χ2n) is 6.99. The zero-order chi connectivity index (χ0) is 25.0. The quantitative estimate of drug-likeness (QED) is 0.116. The van der Waals surface area contributed by atoms with Crippen LogP contribution in [0, 0.1) is 0 Å². The third kappa shape index (κ3) is 11.4. The lowest BCUT2D eigenvalue weighted by molar-refractivity contribution is -0.144. The van der Waals surface area contributed by atoms with Crippen LogP contribution in [0.2, 0.25) is 0 Å². The molecule has 4 atom stereocenters. The van der Waals surface area contributed by atoms with Crippen molar-refractivity contribution >= 4 is 41.4 Å². The van der Waals surface area contributed by atoms with Gasteiger partial charge >= 0.3 is 5.97 Å². The van der Waals surface area contributed by atoms with E-state index in [1.807, 2.05) is 5.32 Å². The summed E-state index contributed by atoms with van der Waals surface area (Å²) in [5, 5.41) is 15.7. The first-order chi connectivity index (χ1) is 14.7. The Morgan fingerprint density at radius 1 is 0.688 bits per heavy atom. The monoisotopic (exact) mass is 459 g/mol. The van der Waals surface area contributed by atoms with Crippen LogP contribution in [0.1, 0.15) is 39.0 Å². The van der Waals surface area contributed by atoms with Gasteiger partial charge in [-0.15, -0.1) is 0 Å². The molecule has 0 fully saturated rings. The Morgan fingerprint density at radius 2 is 1.06 bits per heavy atom. The molecular weight excluding hydrogens is 430 g/mol. The zero-order valence-corrected chi connectivity index (χ0v) is 17.5. The zero-order valence-electron chi connectivity index (χ0n) is 17.5. The molecule has 0 aliphatic rings. The second-order valence-corrected chi connectivity index (χ2v) is 6.99. The van der Waals surface area contributed by atoms with Crippen LogP contribution in [0.25, 0.3) is 0 Å². The largest absolute Gasteiger partial charge is 0.480 e. The standard InChI is InChI=1S/C17H29N7O8/c1-7(18)14(28)22-8(2-4-11(19)25)15(29)23-9(3-5-12(20)26)16(30)24-10(17(31)32)6-13(21)27/h7-10H,2-6,18H2,1H3,(H2,19,25)(H2,20,26)(H2,21,27)(H,22,28)(H,23,29)(H,24,30)(H,31,32). The van der Waals surface area contributed by atoms with Crippen molar-refractivity contribution < 1.29 is 38.7 Å². The number of carboxylic acid groups (broad SMARTS) is 1. The highest BCUT2D eigenvalue weighted by Gasteiger charge is 2.30. The van der Waals surface area contributed by atoms with E-state index in [0.29, 0.717) is 0 Å². The Morgan fingerprint density at radius 3 is 1.38 bits per heavy atom. The molecule has 0 aromatic carbocycles. The lowest BCUT2D eigenvalue weighted by Crippen LogP contribution is -2.57. The fourth-order valence-corrected chi connectivity index (χ4v) is 2.36. The molecular formula is C17H29N7O8. The van der Waals surface area contributed by atoms with Gasteiger partial charge in [-0.05, 0) is 19.8 Å². The Kier molecular flexibility index (Phi) is 11.9. The minimum Gasteiger partial charge on any atom is -0.480 e. The Hall–Kier alpha value is -3.75. The van der Waals surface area contributed by atoms with E-state index in [-0.39, 0.29) is 25.7 Å². The average molecular weight is 459 g/mol. The number of rotatable bonds is 15. The third-order valence-corrected chi connectivity index (χ3v) is 4.06. The molecule has 0 saturated carbocycles. The van der Waals surface area contributed by atoms with E-state index >= 15 is 0 Å². The summed E-state index contributed by atoms with van der Waals surface area (Å²) in [5.41, 5.74) is 20.5. The van der Waals surface area contributed by atoms with Crippen LogP contribution in [-0.2, 0) is 33.6 Å². The fourth-order valence-electron chi connectivity index (χ4n) is 2.36. The fraction of sp³-hybridized carbons (Fsp3) is 0.588. The highest BCUT2D eigenvalue weighted by Crippen LogP contribution is 2.04. The average Bonchev–Trinajstić information content (AvgIpc) is 2.66. The van der Waals surface area contributed by atoms with Crippen molar-refractivity contribution in [1.29, 1.82) is 0 Å². The van der Waals surface area contributed by atoms with Crippen molar-refractivity contribution in [1.82, 2.24) is 16.0 Å². The van der Waals surface area contributed by atoms with E-state index in [4.69, 9.17) is 28.0 Å². The topological polar surface area (TPSA) is 280 Å². The molecule has 4 unspecified atom stereocenters. The first-order valence-corrected chi connectivity index (χ1v) is 9.49. The summed E-state index contributed by atoms with van der Waals surface area (Å²) in [4.78, 5) is 81.5. The Balaban J connectivity index is 5.56. The molecule has 180 valence electrons. The van der Waals surface area contributed by atoms with Crippen molar-refractivity contribution in [2.75, 3.05) is 0 Å². The molecule has 0 spiro atoms. The summed E-state index contributed by atoms with van der Waals surface area (Å²) in [6.45, 7) is 1.35. The molecule has 0 aromatic rings. The number of primary amides is 3. The minimum atomic E-state index is -1.68. The number of hydrogen-bond donors (Lipinski definition) is 8. The van der Waals surface area contributed by atoms with Gasteiger partial charge in [0.05, 0.1) is 12.5 Å². The van der Waals surface area contributed by atoms with Crippen LogP contribution in [0.3, 0.4) is 0 Å². The minimum absolute atomic E-state index is 0.219. The van der Waals surface area contributed by atoms with Gasteiger partial charge in [0.25, 0.3) is 0 Å². The van der Waals surface area contributed by atoms with Crippen molar-refractivity contribution in [2.24, 2.45) is 22.9 Å². The third-order valence-electron chi connectivity index (χ3n) is 4.06. The van der Waals surface area contributed by atoms with Gasteiger partial charge < -0.3 is 44.0 Å². The Labute approximate surface area is 183 Å². The number of nitrogens with two attached hydrogens (primary N) is 4. The molecule has 0 radical (unpaired) electrons. The molecule has 15 heteroatoms. The molecule has 6 amide bonds. The van der Waals surface area contributed by atoms with Gasteiger partial charge in [0.15, 0.2) is 0 Å². The SMILES string of the molecule is CC(N)C(=O)NC(CCC(N)=O)C(=O)NC(CCC(N)=O)C(=O)NC(CC(N)=O)C(=O)O. The molecule has 12 N–H and O–H groups in total. The maximum Gasteiger partial charge on any atom is 0.326 e. The predicted octanol–water partition coefficient (Wildman–Crippen LogP) is -4.72. The normalized spacial score (nSPS) is 14.2. The number of amides is 6. The van der Waals surface area contributed by atoms with Gasteiger partial charge in [0.2, 0.25) is 35.4 Å². The van der Waals surface area contributed by atoms with Crippen LogP contribution >= 0.6 is 0 Å². The van der Waals surface area contributed by atoms with Gasteiger partial charge in [0, 0.05) is 12.8 Å². The maximum atomic E-state index is 12.7. The molecule has 0 bridgehead atoms. The molecule has 0 rings (SSSR count). The summed E-state index contributed by atoms with van der Waals surface area (Å²) in [5.74, 6) is -6.80. The lowest BCUT2D eigenvalue weighted by atomic mass is 10.1. The van der Waals surface area contributed by atoms with Crippen LogP contribution in [-0.4, -0.2) is 70.7 Å². The number of carbonyl (C=O) groups is 7. The van der Waals surface area contributed by atoms with Gasteiger partial charge in [-0.25, -0.2) is 4.79 Å². The molecule has 0 heterocycles. The molecule has 32 heavy (non-hydrogen) atoms. The Bertz CT molecular complexity index is 755. The highest BCUT2D eigenvalue weighted by molar-refractivity contribution is 5.95. The first kappa shape index (κ1) is 28.2. The van der Waals surface area contributed by atoms with Gasteiger partial charge in [-0.1, -0.05) is 0 Å². The smallest absolute Gasteiger partial charge is 0.326 e. The van der Waals surface area contributed by atoms with E-state index in [1.165, 1.54) is 6.92 Å². The van der Waals surface area contributed by atoms with E-state index in [9.17, 15) is 33.6 Å². The molecule has 15 nitrogen and oxygen atoms in total. The van der Waals surface area contributed by atoms with Crippen molar-refractivity contribution in [3.63, 3.8) is 0 Å². The summed E-state index contributed by atoms with van der Waals surface area (Å²) < 4.78 is 0. The van der Waals surface area contributed by atoms with Crippen molar-refractivity contribution in [3.05, 3.63) is 0 Å². The highest BCUT2D eigenvalue weighted by atomic mass is 16.4. The summed E-state index contributed by atoms with van der Waals surface area (Å²) in [6, 6.07) is -5.45. The molecule has 0 aliphatic carbocycles. The van der Waals surface area contributed by atoms with Gasteiger partial charge in [-0.2, -0.15) is 0 Å². The summed E-state index contributed by atoms with van der Waals surface area (Å²) in [6.07, 6.45) is -1.90. The van der Waals surface area contributed by atoms with Crippen molar-refractivity contribution in [3.8, 4) is 0 Å². The summed E-state index contributed by atoms with van der Waals surface area (Å²) in [7, 11) is 0. The number of carbonyl (C=O) groups excluding carboxylic acids is 6.